The molecule has 0 aliphatic rings. The molecule has 0 bridgehead atoms. The van der Waals surface area contributed by atoms with E-state index in [1.807, 2.05) is 67.6 Å². The molecule has 5 aromatic rings. The second-order valence-electron chi connectivity index (χ2n) is 7.89. The average molecular weight is 461 g/mol. The lowest BCUT2D eigenvalue weighted by Crippen LogP contribution is -2.26. The van der Waals surface area contributed by atoms with Crippen molar-refractivity contribution in [3.05, 3.63) is 107 Å². The maximum Gasteiger partial charge on any atom is 0.263 e. The number of fused-ring (bicyclic) bond motifs is 1. The molecule has 5 rings (SSSR count). The highest BCUT2D eigenvalue weighted by Crippen LogP contribution is 2.31. The monoisotopic (exact) mass is 460 g/mol. The Kier molecular flexibility index (Phi) is 5.61. The van der Waals surface area contributed by atoms with Crippen molar-refractivity contribution in [2.75, 3.05) is 11.1 Å². The fourth-order valence-corrected chi connectivity index (χ4v) is 4.09. The summed E-state index contributed by atoms with van der Waals surface area (Å²) < 4.78 is 1.68. The molecule has 3 heterocycles. The van der Waals surface area contributed by atoms with Crippen molar-refractivity contribution < 1.29 is 0 Å². The quantitative estimate of drug-likeness (QED) is 0.370. The molecule has 9 nitrogen and oxygen atoms in total. The number of nitrogens with zero attached hydrogens (tertiary/aromatic N) is 6. The Morgan fingerprint density at radius 2 is 1.89 bits per heavy atom. The van der Waals surface area contributed by atoms with E-state index in [9.17, 15) is 4.79 Å². The Bertz CT molecular complexity index is 1630. The Morgan fingerprint density at radius 3 is 2.63 bits per heavy atom. The zero-order valence-electron chi connectivity index (χ0n) is 18.8. The van der Waals surface area contributed by atoms with E-state index in [0.29, 0.717) is 16.9 Å². The van der Waals surface area contributed by atoms with Gasteiger partial charge in [-0.1, -0.05) is 36.4 Å². The lowest BCUT2D eigenvalue weighted by molar-refractivity contribution is 0.774. The summed E-state index contributed by atoms with van der Waals surface area (Å²) in [5, 5.41) is 12.4. The van der Waals surface area contributed by atoms with Crippen molar-refractivity contribution in [3.8, 4) is 16.8 Å². The van der Waals surface area contributed by atoms with E-state index in [4.69, 9.17) is 12.3 Å². The van der Waals surface area contributed by atoms with Crippen molar-refractivity contribution >= 4 is 28.2 Å². The third kappa shape index (κ3) is 4.05. The first-order chi connectivity index (χ1) is 17.1. The molecule has 0 amide bonds. The number of aromatic nitrogens is 5. The molecule has 3 N–H and O–H groups in total. The molecule has 0 radical (unpaired) electrons. The third-order valence-corrected chi connectivity index (χ3v) is 5.69. The molecular weight excluding hydrogens is 440 g/mol. The van der Waals surface area contributed by atoms with Gasteiger partial charge >= 0.3 is 0 Å². The predicted octanol–water partition coefficient (Wildman–Crippen LogP) is 4.54. The molecule has 3 aromatic heterocycles. The van der Waals surface area contributed by atoms with Crippen LogP contribution in [-0.4, -0.2) is 24.7 Å². The second-order valence-corrected chi connectivity index (χ2v) is 7.89. The molecule has 35 heavy (non-hydrogen) atoms. The standard InChI is InChI=1S/C26H20N8O/c1-16(32-24-21(28-2)15-29-26(27)33-24)22-13-17-7-6-10-20(18-11-12-30-31-14-18)23(17)25(35)34(22)19-8-4-3-5-9-19/h3-16H,1H3,(H3,27,29,32,33)/t16-/m0/s1. The fraction of sp³-hybridized carbons (Fsp3) is 0.0769. The lowest BCUT2D eigenvalue weighted by Gasteiger charge is -2.22. The van der Waals surface area contributed by atoms with Crippen molar-refractivity contribution in [2.24, 2.45) is 0 Å². The molecule has 0 saturated carbocycles. The maximum absolute atomic E-state index is 14.1. The van der Waals surface area contributed by atoms with Crippen molar-refractivity contribution in [3.63, 3.8) is 0 Å². The Morgan fingerprint density at radius 1 is 1.06 bits per heavy atom. The summed E-state index contributed by atoms with van der Waals surface area (Å²) >= 11 is 0. The topological polar surface area (TPSA) is 116 Å². The largest absolute Gasteiger partial charge is 0.371 e. The van der Waals surface area contributed by atoms with Gasteiger partial charge in [0.1, 0.15) is 5.82 Å². The van der Waals surface area contributed by atoms with E-state index >= 15 is 0 Å². The van der Waals surface area contributed by atoms with Crippen LogP contribution < -0.4 is 16.6 Å². The minimum absolute atomic E-state index is 0.0571. The summed E-state index contributed by atoms with van der Waals surface area (Å²) in [6.07, 6.45) is 4.63. The van der Waals surface area contributed by atoms with Crippen LogP contribution >= 0.6 is 0 Å². The van der Waals surface area contributed by atoms with Crippen molar-refractivity contribution in [1.29, 1.82) is 0 Å². The summed E-state index contributed by atoms with van der Waals surface area (Å²) in [4.78, 5) is 25.7. The SMILES string of the molecule is [C-]#[N+]c1cnc(N)nc1N[C@@H](C)c1cc2cccc(-c3ccnnc3)c2c(=O)n1-c1ccccc1. The van der Waals surface area contributed by atoms with Gasteiger partial charge in [-0.05, 0) is 42.1 Å². The van der Waals surface area contributed by atoms with Crippen LogP contribution in [0.2, 0.25) is 0 Å². The molecule has 9 heteroatoms. The highest BCUT2D eigenvalue weighted by molar-refractivity contribution is 5.96. The van der Waals surface area contributed by atoms with Crippen molar-refractivity contribution in [1.82, 2.24) is 24.7 Å². The number of anilines is 2. The molecule has 0 fully saturated rings. The molecule has 2 aromatic carbocycles. The van der Waals surface area contributed by atoms with E-state index in [1.54, 1.807) is 17.0 Å². The van der Waals surface area contributed by atoms with Gasteiger partial charge in [0.2, 0.25) is 11.6 Å². The van der Waals surface area contributed by atoms with Gasteiger partial charge in [-0.3, -0.25) is 9.36 Å². The van der Waals surface area contributed by atoms with Crippen LogP contribution in [0.3, 0.4) is 0 Å². The third-order valence-electron chi connectivity index (χ3n) is 5.69. The molecule has 170 valence electrons. The highest BCUT2D eigenvalue weighted by Gasteiger charge is 2.20. The van der Waals surface area contributed by atoms with Crippen LogP contribution in [-0.2, 0) is 0 Å². The number of hydrogen-bond donors (Lipinski definition) is 2. The van der Waals surface area contributed by atoms with Crippen LogP contribution in [0.15, 0.2) is 84.0 Å². The minimum atomic E-state index is -0.395. The number of nitrogen functional groups attached to an aromatic ring is 1. The van der Waals surface area contributed by atoms with Gasteiger partial charge in [0, 0.05) is 23.1 Å². The van der Waals surface area contributed by atoms with Gasteiger partial charge in [-0.25, -0.2) is 14.8 Å². The maximum atomic E-state index is 14.1. The average Bonchev–Trinajstić information content (AvgIpc) is 2.89. The predicted molar refractivity (Wildman–Crippen MR) is 135 cm³/mol. The van der Waals surface area contributed by atoms with Crippen LogP contribution in [0, 0.1) is 6.57 Å². The van der Waals surface area contributed by atoms with Crippen molar-refractivity contribution in [2.45, 2.75) is 13.0 Å². The number of nitrogens with two attached hydrogens (primary N) is 1. The first kappa shape index (κ1) is 21.7. The van der Waals surface area contributed by atoms with E-state index in [0.717, 1.165) is 22.2 Å². The van der Waals surface area contributed by atoms with Gasteiger partial charge in [0.05, 0.1) is 30.4 Å². The molecule has 0 aliphatic heterocycles. The molecule has 0 spiro atoms. The summed E-state index contributed by atoms with van der Waals surface area (Å²) in [6, 6.07) is 18.6. The molecule has 0 aliphatic carbocycles. The van der Waals surface area contributed by atoms with E-state index < -0.39 is 6.04 Å². The first-order valence-electron chi connectivity index (χ1n) is 10.8. The van der Waals surface area contributed by atoms with E-state index in [1.165, 1.54) is 6.20 Å². The van der Waals surface area contributed by atoms with Gasteiger partial charge in [-0.15, -0.1) is 0 Å². The Hall–Kier alpha value is -5.10. The minimum Gasteiger partial charge on any atom is -0.371 e. The summed E-state index contributed by atoms with van der Waals surface area (Å²) in [5.74, 6) is 0.366. The van der Waals surface area contributed by atoms with Gasteiger partial charge in [-0.2, -0.15) is 10.2 Å². The second kappa shape index (κ2) is 9.03. The highest BCUT2D eigenvalue weighted by atomic mass is 16.1. The smallest absolute Gasteiger partial charge is 0.263 e. The van der Waals surface area contributed by atoms with Gasteiger partial charge in [0.25, 0.3) is 5.56 Å². The Balaban J connectivity index is 1.75. The Labute approximate surface area is 200 Å². The van der Waals surface area contributed by atoms with Gasteiger partial charge in [0.15, 0.2) is 0 Å². The van der Waals surface area contributed by atoms with Gasteiger partial charge < -0.3 is 11.1 Å². The van der Waals surface area contributed by atoms with Crippen LogP contribution in [0.4, 0.5) is 17.5 Å². The number of hydrogen-bond acceptors (Lipinski definition) is 7. The van der Waals surface area contributed by atoms with Crippen LogP contribution in [0.5, 0.6) is 0 Å². The zero-order chi connectivity index (χ0) is 24.4. The number of pyridine rings is 1. The number of benzene rings is 2. The molecule has 0 saturated heterocycles. The molecule has 1 atom stereocenters. The van der Waals surface area contributed by atoms with E-state index in [2.05, 4.69) is 30.3 Å². The van der Waals surface area contributed by atoms with E-state index in [-0.39, 0.29) is 17.2 Å². The molecular formula is C26H20N8O. The molecule has 0 unspecified atom stereocenters. The zero-order valence-corrected chi connectivity index (χ0v) is 18.8. The summed E-state index contributed by atoms with van der Waals surface area (Å²) in [7, 11) is 0. The van der Waals surface area contributed by atoms with Crippen LogP contribution in [0.25, 0.3) is 32.4 Å². The summed E-state index contributed by atoms with van der Waals surface area (Å²) in [6.45, 7) is 9.33. The number of para-hydroxylation sites is 1. The number of rotatable bonds is 5. The lowest BCUT2D eigenvalue weighted by atomic mass is 9.99. The first-order valence-corrected chi connectivity index (χ1v) is 10.8. The van der Waals surface area contributed by atoms with Crippen LogP contribution in [0.1, 0.15) is 18.7 Å². The summed E-state index contributed by atoms with van der Waals surface area (Å²) in [5.41, 5.74) is 8.83. The normalized spacial score (nSPS) is 11.7. The fourth-order valence-electron chi connectivity index (χ4n) is 4.09. The number of nitrogens with one attached hydrogen (secondary N) is 1.